The van der Waals surface area contributed by atoms with E-state index in [1.807, 2.05) is 0 Å². The van der Waals surface area contributed by atoms with Crippen LogP contribution in [0, 0.1) is 11.3 Å². The Bertz CT molecular complexity index is 896. The second kappa shape index (κ2) is 8.89. The van der Waals surface area contributed by atoms with E-state index in [1.54, 1.807) is 11.4 Å². The van der Waals surface area contributed by atoms with E-state index in [0.29, 0.717) is 19.4 Å². The molecule has 158 valence electrons. The summed E-state index contributed by atoms with van der Waals surface area (Å²) in [5, 5.41) is 14.0. The molecular formula is C18H25N5O4S2. The summed E-state index contributed by atoms with van der Waals surface area (Å²) in [5.74, 6) is -0.505. The van der Waals surface area contributed by atoms with Crippen LogP contribution in [0.3, 0.4) is 0 Å². The molecule has 9 nitrogen and oxygen atoms in total. The molecule has 4 atom stereocenters. The molecule has 1 aromatic heterocycles. The molecule has 3 heterocycles. The van der Waals surface area contributed by atoms with Crippen molar-refractivity contribution in [2.45, 2.75) is 54.6 Å². The maximum atomic E-state index is 12.9. The van der Waals surface area contributed by atoms with Crippen molar-refractivity contribution >= 4 is 33.1 Å². The number of likely N-dealkylation sites (tertiary alicyclic amines) is 1. The van der Waals surface area contributed by atoms with Crippen molar-refractivity contribution in [1.82, 2.24) is 14.5 Å². The second-order valence-corrected chi connectivity index (χ2v) is 10.5. The van der Waals surface area contributed by atoms with Gasteiger partial charge >= 0.3 is 0 Å². The Hall–Kier alpha value is -1.84. The Kier molecular flexibility index (Phi) is 6.70. The molecule has 0 aliphatic carbocycles. The summed E-state index contributed by atoms with van der Waals surface area (Å²) in [6, 6.07) is 3.00. The van der Waals surface area contributed by atoms with E-state index >= 15 is 0 Å². The summed E-state index contributed by atoms with van der Waals surface area (Å²) in [6.07, 6.45) is 1.76. The number of ketones is 1. The molecule has 2 fully saturated rings. The van der Waals surface area contributed by atoms with Crippen molar-refractivity contribution in [2.24, 2.45) is 5.73 Å². The first-order valence-corrected chi connectivity index (χ1v) is 11.8. The third-order valence-corrected chi connectivity index (χ3v) is 8.66. The van der Waals surface area contributed by atoms with Gasteiger partial charge in [-0.2, -0.15) is 9.57 Å². The van der Waals surface area contributed by atoms with E-state index in [2.05, 4.69) is 11.4 Å². The van der Waals surface area contributed by atoms with Crippen molar-refractivity contribution in [3.8, 4) is 6.07 Å². The molecule has 0 bridgehead atoms. The number of hydrogen-bond acceptors (Lipinski definition) is 8. The lowest BCUT2D eigenvalue weighted by molar-refractivity contribution is -0.132. The van der Waals surface area contributed by atoms with Crippen molar-refractivity contribution in [3.63, 3.8) is 0 Å². The summed E-state index contributed by atoms with van der Waals surface area (Å²) in [6.45, 7) is 2.19. The summed E-state index contributed by atoms with van der Waals surface area (Å²) in [7, 11) is -3.75. The van der Waals surface area contributed by atoms with Crippen LogP contribution < -0.4 is 11.1 Å². The third kappa shape index (κ3) is 4.51. The van der Waals surface area contributed by atoms with Crippen LogP contribution in [-0.4, -0.2) is 73.1 Å². The standard InChI is InChI=1S/C18H25N5O4S2/c1-12(24)16-8-13(11-23(16)29(26,27)17-5-3-7-28-17)21-10-15(20)18(25)22-6-2-4-14(22)9-19/h3,5,7,13-16,21H,2,4,6,8,10-11,20H2,1H3/t13-,14-,15-,16-/m0/s1. The van der Waals surface area contributed by atoms with Gasteiger partial charge in [0.1, 0.15) is 16.0 Å². The molecular weight excluding hydrogens is 414 g/mol. The van der Waals surface area contributed by atoms with E-state index in [4.69, 9.17) is 11.0 Å². The number of nitrogens with two attached hydrogens (primary N) is 1. The van der Waals surface area contributed by atoms with E-state index < -0.39 is 28.1 Å². The molecule has 0 saturated carbocycles. The van der Waals surface area contributed by atoms with Gasteiger partial charge in [0, 0.05) is 25.7 Å². The fraction of sp³-hybridized carbons (Fsp3) is 0.611. The van der Waals surface area contributed by atoms with E-state index in [-0.39, 0.29) is 35.0 Å². The van der Waals surface area contributed by atoms with Crippen LogP contribution in [0.25, 0.3) is 0 Å². The van der Waals surface area contributed by atoms with Crippen molar-refractivity contribution in [2.75, 3.05) is 19.6 Å². The Morgan fingerprint density at radius 3 is 2.86 bits per heavy atom. The zero-order valence-electron chi connectivity index (χ0n) is 16.2. The van der Waals surface area contributed by atoms with Crippen LogP contribution >= 0.6 is 11.3 Å². The molecule has 1 aromatic rings. The molecule has 0 spiro atoms. The van der Waals surface area contributed by atoms with Gasteiger partial charge < -0.3 is 16.0 Å². The number of hydrogen-bond donors (Lipinski definition) is 2. The average Bonchev–Trinajstić information content (AvgIpc) is 3.45. The lowest BCUT2D eigenvalue weighted by atomic mass is 10.1. The van der Waals surface area contributed by atoms with Gasteiger partial charge in [0.05, 0.1) is 18.2 Å². The van der Waals surface area contributed by atoms with Crippen LogP contribution in [0.5, 0.6) is 0 Å². The lowest BCUT2D eigenvalue weighted by Gasteiger charge is -2.24. The molecule has 3 rings (SSSR count). The minimum atomic E-state index is -3.75. The molecule has 11 heteroatoms. The first-order chi connectivity index (χ1) is 13.8. The smallest absolute Gasteiger partial charge is 0.253 e. The molecule has 29 heavy (non-hydrogen) atoms. The molecule has 0 radical (unpaired) electrons. The normalized spacial score (nSPS) is 26.4. The quantitative estimate of drug-likeness (QED) is 0.605. The van der Waals surface area contributed by atoms with Gasteiger partial charge in [-0.05, 0) is 37.6 Å². The van der Waals surface area contributed by atoms with Gasteiger partial charge in [-0.25, -0.2) is 8.42 Å². The number of nitriles is 1. The molecule has 1 amide bonds. The van der Waals surface area contributed by atoms with E-state index in [1.165, 1.54) is 22.2 Å². The summed E-state index contributed by atoms with van der Waals surface area (Å²) in [5.41, 5.74) is 6.02. The number of thiophene rings is 1. The maximum absolute atomic E-state index is 12.9. The minimum Gasteiger partial charge on any atom is -0.325 e. The van der Waals surface area contributed by atoms with Crippen molar-refractivity contribution in [3.05, 3.63) is 17.5 Å². The van der Waals surface area contributed by atoms with Gasteiger partial charge in [-0.15, -0.1) is 11.3 Å². The van der Waals surface area contributed by atoms with Crippen LogP contribution in [0.15, 0.2) is 21.7 Å². The number of nitrogens with zero attached hydrogens (tertiary/aromatic N) is 3. The fourth-order valence-corrected chi connectivity index (χ4v) is 6.69. The second-order valence-electron chi connectivity index (χ2n) is 7.40. The number of amides is 1. The van der Waals surface area contributed by atoms with Crippen LogP contribution in [0.4, 0.5) is 0 Å². The van der Waals surface area contributed by atoms with Gasteiger partial charge in [0.2, 0.25) is 5.91 Å². The zero-order valence-corrected chi connectivity index (χ0v) is 17.8. The monoisotopic (exact) mass is 439 g/mol. The van der Waals surface area contributed by atoms with Gasteiger partial charge in [0.15, 0.2) is 0 Å². The highest BCUT2D eigenvalue weighted by Gasteiger charge is 2.43. The fourth-order valence-electron chi connectivity index (χ4n) is 3.87. The Morgan fingerprint density at radius 2 is 2.24 bits per heavy atom. The number of carbonyl (C=O) groups excluding carboxylic acids is 2. The number of nitrogens with one attached hydrogen (secondary N) is 1. The Balaban J connectivity index is 1.63. The average molecular weight is 440 g/mol. The highest BCUT2D eigenvalue weighted by molar-refractivity contribution is 7.91. The highest BCUT2D eigenvalue weighted by Crippen LogP contribution is 2.29. The number of carbonyl (C=O) groups is 2. The third-order valence-electron chi connectivity index (χ3n) is 5.41. The van der Waals surface area contributed by atoms with Crippen molar-refractivity contribution < 1.29 is 18.0 Å². The number of Topliss-reactive ketones (excluding diaryl/α,β-unsaturated/α-hetero) is 1. The Labute approximate surface area is 174 Å². The lowest BCUT2D eigenvalue weighted by Crippen LogP contribution is -2.51. The molecule has 3 N–H and O–H groups in total. The Morgan fingerprint density at radius 1 is 1.48 bits per heavy atom. The van der Waals surface area contributed by atoms with Gasteiger partial charge in [0.25, 0.3) is 10.0 Å². The van der Waals surface area contributed by atoms with Crippen LogP contribution in [-0.2, 0) is 19.6 Å². The van der Waals surface area contributed by atoms with Crippen LogP contribution in [0.1, 0.15) is 26.2 Å². The molecule has 0 aromatic carbocycles. The summed E-state index contributed by atoms with van der Waals surface area (Å²) < 4.78 is 27.2. The predicted molar refractivity (Wildman–Crippen MR) is 107 cm³/mol. The first kappa shape index (κ1) is 21.9. The molecule has 2 saturated heterocycles. The van der Waals surface area contributed by atoms with Gasteiger partial charge in [-0.3, -0.25) is 9.59 Å². The predicted octanol–water partition coefficient (Wildman–Crippen LogP) is -0.0998. The topological polar surface area (TPSA) is 137 Å². The molecule has 0 unspecified atom stereocenters. The number of sulfonamides is 1. The highest BCUT2D eigenvalue weighted by atomic mass is 32.2. The van der Waals surface area contributed by atoms with E-state index in [0.717, 1.165) is 17.8 Å². The summed E-state index contributed by atoms with van der Waals surface area (Å²) in [4.78, 5) is 26.1. The van der Waals surface area contributed by atoms with E-state index in [9.17, 15) is 18.0 Å². The SMILES string of the molecule is CC(=O)[C@@H]1C[C@H](NC[C@H](N)C(=O)N2CCC[C@H]2C#N)CN1S(=O)(=O)c1cccs1. The van der Waals surface area contributed by atoms with Gasteiger partial charge in [-0.1, -0.05) is 6.07 Å². The minimum absolute atomic E-state index is 0.135. The largest absolute Gasteiger partial charge is 0.325 e. The molecule has 2 aliphatic heterocycles. The zero-order chi connectivity index (χ0) is 21.2. The van der Waals surface area contributed by atoms with Crippen LogP contribution in [0.2, 0.25) is 0 Å². The molecule has 2 aliphatic rings. The number of rotatable bonds is 7. The maximum Gasteiger partial charge on any atom is 0.253 e. The summed E-state index contributed by atoms with van der Waals surface area (Å²) >= 11 is 1.11. The van der Waals surface area contributed by atoms with Crippen molar-refractivity contribution in [1.29, 1.82) is 5.26 Å². The first-order valence-electron chi connectivity index (χ1n) is 9.50.